The van der Waals surface area contributed by atoms with Crippen LogP contribution >= 0.6 is 0 Å². The van der Waals surface area contributed by atoms with Crippen LogP contribution in [0.2, 0.25) is 0 Å². The normalized spacial score (nSPS) is 16.2. The van der Waals surface area contributed by atoms with E-state index >= 15 is 0 Å². The molecule has 1 aromatic carbocycles. The molecule has 1 aliphatic rings. The van der Waals surface area contributed by atoms with Gasteiger partial charge in [0, 0.05) is 0 Å². The summed E-state index contributed by atoms with van der Waals surface area (Å²) in [4.78, 5) is 0. The fourth-order valence-electron chi connectivity index (χ4n) is 2.24. The minimum Gasteiger partial charge on any atom is -0.493 e. The van der Waals surface area contributed by atoms with Crippen LogP contribution in [-0.4, -0.2) is 13.2 Å². The third-order valence-corrected chi connectivity index (χ3v) is 3.16. The van der Waals surface area contributed by atoms with Crippen molar-refractivity contribution in [3.05, 3.63) is 23.8 Å². The number of hydrogen-bond acceptors (Lipinski definition) is 3. The molecule has 0 aliphatic heterocycles. The van der Waals surface area contributed by atoms with Crippen LogP contribution in [0, 0.1) is 11.3 Å². The van der Waals surface area contributed by atoms with Gasteiger partial charge in [-0.2, -0.15) is 5.26 Å². The number of rotatable bonds is 3. The highest BCUT2D eigenvalue weighted by Gasteiger charge is 2.19. The predicted octanol–water partition coefficient (Wildman–Crippen LogP) is 3.28. The van der Waals surface area contributed by atoms with E-state index in [2.05, 4.69) is 6.07 Å². The van der Waals surface area contributed by atoms with E-state index in [1.807, 2.05) is 12.1 Å². The highest BCUT2D eigenvalue weighted by atomic mass is 16.5. The zero-order valence-electron chi connectivity index (χ0n) is 10.1. The van der Waals surface area contributed by atoms with E-state index in [4.69, 9.17) is 14.7 Å². The Morgan fingerprint density at radius 3 is 2.65 bits per heavy atom. The van der Waals surface area contributed by atoms with E-state index in [-0.39, 0.29) is 6.10 Å². The Kier molecular flexibility index (Phi) is 3.87. The lowest BCUT2D eigenvalue weighted by Crippen LogP contribution is -2.20. The van der Waals surface area contributed by atoms with Gasteiger partial charge in [-0.15, -0.1) is 0 Å². The van der Waals surface area contributed by atoms with Gasteiger partial charge in [0.05, 0.1) is 18.8 Å². The number of para-hydroxylation sites is 1. The van der Waals surface area contributed by atoms with E-state index in [9.17, 15) is 0 Å². The van der Waals surface area contributed by atoms with Gasteiger partial charge in [-0.05, 0) is 37.8 Å². The standard InChI is InChI=1S/C14H17NO2/c1-16-13-9-5-6-11(10-15)14(13)17-12-7-3-2-4-8-12/h5-6,9,12H,2-4,7-8H2,1H3. The molecule has 0 amide bonds. The van der Waals surface area contributed by atoms with Gasteiger partial charge in [0.1, 0.15) is 6.07 Å². The fraction of sp³-hybridized carbons (Fsp3) is 0.500. The number of nitrogens with zero attached hydrogens (tertiary/aromatic N) is 1. The molecule has 90 valence electrons. The van der Waals surface area contributed by atoms with Crippen molar-refractivity contribution in [3.8, 4) is 17.6 Å². The Bertz CT molecular complexity index is 417. The van der Waals surface area contributed by atoms with Gasteiger partial charge in [0.25, 0.3) is 0 Å². The van der Waals surface area contributed by atoms with Crippen molar-refractivity contribution >= 4 is 0 Å². The van der Waals surface area contributed by atoms with Crippen LogP contribution in [0.1, 0.15) is 37.7 Å². The average molecular weight is 231 g/mol. The summed E-state index contributed by atoms with van der Waals surface area (Å²) in [6.07, 6.45) is 6.08. The maximum Gasteiger partial charge on any atom is 0.179 e. The SMILES string of the molecule is COc1cccc(C#N)c1OC1CCCCC1. The number of methoxy groups -OCH3 is 1. The van der Waals surface area contributed by atoms with Crippen molar-refractivity contribution in [3.63, 3.8) is 0 Å². The Morgan fingerprint density at radius 1 is 1.24 bits per heavy atom. The van der Waals surface area contributed by atoms with Gasteiger partial charge in [0.15, 0.2) is 11.5 Å². The summed E-state index contributed by atoms with van der Waals surface area (Å²) in [5, 5.41) is 9.08. The van der Waals surface area contributed by atoms with Gasteiger partial charge in [0.2, 0.25) is 0 Å². The predicted molar refractivity (Wildman–Crippen MR) is 65.2 cm³/mol. The van der Waals surface area contributed by atoms with E-state index in [0.717, 1.165) is 12.8 Å². The molecule has 0 spiro atoms. The summed E-state index contributed by atoms with van der Waals surface area (Å²) >= 11 is 0. The summed E-state index contributed by atoms with van der Waals surface area (Å²) in [5.41, 5.74) is 0.551. The number of ether oxygens (including phenoxy) is 2. The van der Waals surface area contributed by atoms with E-state index in [1.54, 1.807) is 13.2 Å². The molecule has 1 aliphatic carbocycles. The molecule has 3 nitrogen and oxygen atoms in total. The zero-order valence-corrected chi connectivity index (χ0v) is 10.1. The molecule has 17 heavy (non-hydrogen) atoms. The molecule has 1 saturated carbocycles. The molecule has 1 fully saturated rings. The second-order valence-corrected chi connectivity index (χ2v) is 4.33. The van der Waals surface area contributed by atoms with Crippen LogP contribution in [0.15, 0.2) is 18.2 Å². The summed E-state index contributed by atoms with van der Waals surface area (Å²) in [6, 6.07) is 7.56. The maximum atomic E-state index is 9.08. The quantitative estimate of drug-likeness (QED) is 0.801. The van der Waals surface area contributed by atoms with Gasteiger partial charge in [-0.1, -0.05) is 12.5 Å². The van der Waals surface area contributed by atoms with Crippen LogP contribution in [0.25, 0.3) is 0 Å². The Morgan fingerprint density at radius 2 is 2.00 bits per heavy atom. The first-order chi connectivity index (χ1) is 8.35. The molecule has 3 heteroatoms. The number of nitriles is 1. The van der Waals surface area contributed by atoms with Gasteiger partial charge in [-0.3, -0.25) is 0 Å². The third kappa shape index (κ3) is 2.71. The first-order valence-corrected chi connectivity index (χ1v) is 6.09. The number of benzene rings is 1. The first kappa shape index (κ1) is 11.8. The van der Waals surface area contributed by atoms with Crippen molar-refractivity contribution in [1.29, 1.82) is 5.26 Å². The minimum atomic E-state index is 0.229. The van der Waals surface area contributed by atoms with Crippen LogP contribution in [0.3, 0.4) is 0 Å². The largest absolute Gasteiger partial charge is 0.493 e. The summed E-state index contributed by atoms with van der Waals surface area (Å²) < 4.78 is 11.2. The van der Waals surface area contributed by atoms with Crippen molar-refractivity contribution < 1.29 is 9.47 Å². The van der Waals surface area contributed by atoms with Gasteiger partial charge >= 0.3 is 0 Å². The molecule has 0 N–H and O–H groups in total. The summed E-state index contributed by atoms with van der Waals surface area (Å²) in [7, 11) is 1.60. The third-order valence-electron chi connectivity index (χ3n) is 3.16. The smallest absolute Gasteiger partial charge is 0.179 e. The fourth-order valence-corrected chi connectivity index (χ4v) is 2.24. The van der Waals surface area contributed by atoms with E-state index < -0.39 is 0 Å². The highest BCUT2D eigenvalue weighted by molar-refractivity contribution is 5.52. The molecule has 0 aromatic heterocycles. The topological polar surface area (TPSA) is 42.2 Å². The maximum absolute atomic E-state index is 9.08. The van der Waals surface area contributed by atoms with E-state index in [0.29, 0.717) is 17.1 Å². The molecular weight excluding hydrogens is 214 g/mol. The molecular formula is C14H17NO2. The molecule has 0 radical (unpaired) electrons. The molecule has 0 heterocycles. The van der Waals surface area contributed by atoms with Gasteiger partial charge < -0.3 is 9.47 Å². The first-order valence-electron chi connectivity index (χ1n) is 6.09. The molecule has 0 saturated heterocycles. The van der Waals surface area contributed by atoms with E-state index in [1.165, 1.54) is 19.3 Å². The Hall–Kier alpha value is -1.69. The molecule has 0 atom stereocenters. The average Bonchev–Trinajstić information content (AvgIpc) is 2.40. The second kappa shape index (κ2) is 5.58. The molecule has 1 aromatic rings. The second-order valence-electron chi connectivity index (χ2n) is 4.33. The lowest BCUT2D eigenvalue weighted by molar-refractivity contribution is 0.149. The highest BCUT2D eigenvalue weighted by Crippen LogP contribution is 2.33. The Labute approximate surface area is 102 Å². The molecule has 0 bridgehead atoms. The van der Waals surface area contributed by atoms with Gasteiger partial charge in [-0.25, -0.2) is 0 Å². The zero-order chi connectivity index (χ0) is 12.1. The van der Waals surface area contributed by atoms with Crippen LogP contribution < -0.4 is 9.47 Å². The van der Waals surface area contributed by atoms with Crippen molar-refractivity contribution in [2.24, 2.45) is 0 Å². The minimum absolute atomic E-state index is 0.229. The summed E-state index contributed by atoms with van der Waals surface area (Å²) in [5.74, 6) is 1.25. The monoisotopic (exact) mass is 231 g/mol. The van der Waals surface area contributed by atoms with Crippen molar-refractivity contribution in [2.45, 2.75) is 38.2 Å². The van der Waals surface area contributed by atoms with Crippen molar-refractivity contribution in [1.82, 2.24) is 0 Å². The van der Waals surface area contributed by atoms with Crippen LogP contribution in [0.4, 0.5) is 0 Å². The summed E-state index contributed by atoms with van der Waals surface area (Å²) in [6.45, 7) is 0. The number of hydrogen-bond donors (Lipinski definition) is 0. The lowest BCUT2D eigenvalue weighted by Gasteiger charge is -2.24. The molecule has 2 rings (SSSR count). The van der Waals surface area contributed by atoms with Crippen molar-refractivity contribution in [2.75, 3.05) is 7.11 Å². The Balaban J connectivity index is 2.20. The van der Waals surface area contributed by atoms with Crippen LogP contribution in [-0.2, 0) is 0 Å². The lowest BCUT2D eigenvalue weighted by atomic mass is 9.97. The van der Waals surface area contributed by atoms with Crippen LogP contribution in [0.5, 0.6) is 11.5 Å². The molecule has 0 unspecified atom stereocenters.